The van der Waals surface area contributed by atoms with Crippen LogP contribution in [0.1, 0.15) is 18.0 Å². The molecule has 220 valence electrons. The lowest BCUT2D eigenvalue weighted by atomic mass is 9.96. The van der Waals surface area contributed by atoms with Gasteiger partial charge in [-0.05, 0) is 6.42 Å². The maximum Gasteiger partial charge on any atom is 0.386 e. The molecule has 6 rings (SSSR count). The van der Waals surface area contributed by atoms with Gasteiger partial charge in [0.1, 0.15) is 17.2 Å². The molecule has 0 aliphatic carbocycles. The van der Waals surface area contributed by atoms with Gasteiger partial charge in [0.15, 0.2) is 41.1 Å². The maximum atomic E-state index is 15.8. The van der Waals surface area contributed by atoms with Crippen LogP contribution in [-0.4, -0.2) is 77.0 Å². The first-order chi connectivity index (χ1) is 19.5. The highest BCUT2D eigenvalue weighted by atomic mass is 32.7. The van der Waals surface area contributed by atoms with Crippen LogP contribution in [0, 0.1) is 5.92 Å². The minimum absolute atomic E-state index is 0.00182. The molecule has 5 N–H and O–H groups in total. The standard InChI is InChI=1S/C20H23F2N10O6PS2/c21-9-7-1-2-35-13(22)12(19(40)32-6-28-11-16(32)29-20(24)30-17(11)33)38-39(34,41)36-3-8(7)37-18(9)31-5-27-10-14(23)25-4-26-15(10)31/h4-9,12-13,18-19,40H,1-3H2,(H,34,41)(H2,23,25,26)(H3,24,29,30,33)/t7-,8-,9+,12-,13+,18-,19-,39?/m1/s1. The van der Waals surface area contributed by atoms with Crippen LogP contribution in [-0.2, 0) is 23.1 Å². The molecule has 0 amide bonds. The van der Waals surface area contributed by atoms with E-state index >= 15 is 8.78 Å². The van der Waals surface area contributed by atoms with Gasteiger partial charge < -0.3 is 20.9 Å². The Morgan fingerprint density at radius 2 is 1.93 bits per heavy atom. The van der Waals surface area contributed by atoms with Crippen LogP contribution < -0.4 is 17.0 Å². The number of halogens is 2. The summed E-state index contributed by atoms with van der Waals surface area (Å²) in [5.74, 6) is -0.963. The molecular formula is C20H23F2N10O6PS2. The first-order valence-corrected chi connectivity index (χ1v) is 15.3. The Balaban J connectivity index is 1.25. The molecule has 0 radical (unpaired) electrons. The second-order valence-corrected chi connectivity index (χ2v) is 12.7. The number of nitrogen functional groups attached to an aromatic ring is 2. The Hall–Kier alpha value is -2.87. The topological polar surface area (TPSA) is 213 Å². The Labute approximate surface area is 239 Å². The van der Waals surface area contributed by atoms with Crippen molar-refractivity contribution in [1.82, 2.24) is 39.0 Å². The molecule has 0 aromatic carbocycles. The normalized spacial score (nSPS) is 32.1. The van der Waals surface area contributed by atoms with Gasteiger partial charge in [0, 0.05) is 5.92 Å². The number of thiol groups is 2. The summed E-state index contributed by atoms with van der Waals surface area (Å²) in [4.78, 5) is 34.6. The van der Waals surface area contributed by atoms with Crippen LogP contribution in [0.25, 0.3) is 22.3 Å². The van der Waals surface area contributed by atoms with E-state index in [1.807, 2.05) is 0 Å². The van der Waals surface area contributed by atoms with Crippen LogP contribution in [0.3, 0.4) is 0 Å². The quantitative estimate of drug-likeness (QED) is 0.160. The fourth-order valence-electron chi connectivity index (χ4n) is 4.85. The summed E-state index contributed by atoms with van der Waals surface area (Å²) in [6.45, 7) is -5.01. The molecule has 0 saturated carbocycles. The molecule has 41 heavy (non-hydrogen) atoms. The third kappa shape index (κ3) is 5.17. The average Bonchev–Trinajstić information content (AvgIpc) is 3.62. The minimum atomic E-state index is -4.33. The lowest BCUT2D eigenvalue weighted by molar-refractivity contribution is -0.112. The van der Waals surface area contributed by atoms with E-state index in [0.29, 0.717) is 0 Å². The molecule has 6 heterocycles. The molecule has 16 nitrogen and oxygen atoms in total. The summed E-state index contributed by atoms with van der Waals surface area (Å²) in [5.41, 5.74) is 11.2. The highest BCUT2D eigenvalue weighted by Crippen LogP contribution is 2.57. The summed E-state index contributed by atoms with van der Waals surface area (Å²) in [6.07, 6.45) is -4.02. The third-order valence-corrected chi connectivity index (χ3v) is 8.96. The Morgan fingerprint density at radius 3 is 2.73 bits per heavy atom. The fourth-order valence-corrected chi connectivity index (χ4v) is 6.75. The molecule has 21 heteroatoms. The number of H-pyrrole nitrogens is 1. The molecule has 1 unspecified atom stereocenters. The molecule has 4 aromatic heterocycles. The first-order valence-electron chi connectivity index (χ1n) is 12.1. The van der Waals surface area contributed by atoms with Gasteiger partial charge in [-0.1, -0.05) is 12.2 Å². The van der Waals surface area contributed by atoms with Crippen molar-refractivity contribution in [2.24, 2.45) is 5.92 Å². The van der Waals surface area contributed by atoms with Gasteiger partial charge in [0.25, 0.3) is 5.56 Å². The predicted octanol–water partition coefficient (Wildman–Crippen LogP) is 1.56. The molecular weight excluding hydrogens is 609 g/mol. The number of imidazole rings is 2. The van der Waals surface area contributed by atoms with Gasteiger partial charge >= 0.3 is 6.80 Å². The zero-order valence-corrected chi connectivity index (χ0v) is 23.4. The molecule has 2 fully saturated rings. The van der Waals surface area contributed by atoms with Crippen LogP contribution in [0.2, 0.25) is 0 Å². The highest BCUT2D eigenvalue weighted by molar-refractivity contribution is 8.44. The van der Waals surface area contributed by atoms with Crippen molar-refractivity contribution >= 4 is 65.8 Å². The number of alkyl halides is 2. The molecule has 2 saturated heterocycles. The van der Waals surface area contributed by atoms with E-state index in [1.54, 1.807) is 0 Å². The van der Waals surface area contributed by atoms with E-state index in [-0.39, 0.29) is 47.1 Å². The third-order valence-electron chi connectivity index (χ3n) is 6.81. The Bertz CT molecular complexity index is 1710. The summed E-state index contributed by atoms with van der Waals surface area (Å²) in [5, 5.41) is -1.29. The summed E-state index contributed by atoms with van der Waals surface area (Å²) in [6, 6.07) is 0. The van der Waals surface area contributed by atoms with Crippen molar-refractivity contribution in [3.63, 3.8) is 0 Å². The van der Waals surface area contributed by atoms with Crippen molar-refractivity contribution < 1.29 is 31.9 Å². The SMILES string of the molecule is Nc1nc2c(ncn2[C@H](S)[C@@H]2OP(=O)(S)OC[C@H]3O[C@@H](n4cnc5c(N)ncnc54)[C@@H](F)[C@@H]3CCO[C@@H]2F)c(=O)[nH]1. The van der Waals surface area contributed by atoms with Crippen LogP contribution >= 0.6 is 31.7 Å². The van der Waals surface area contributed by atoms with E-state index in [4.69, 9.17) is 30.0 Å². The molecule has 0 bridgehead atoms. The second kappa shape index (κ2) is 10.8. The number of nitrogens with one attached hydrogen (secondary N) is 1. The number of fused-ring (bicyclic) bond motifs is 3. The number of nitrogens with two attached hydrogens (primary N) is 2. The lowest BCUT2D eigenvalue weighted by Crippen LogP contribution is -2.34. The van der Waals surface area contributed by atoms with Gasteiger partial charge in [-0.3, -0.25) is 28.0 Å². The number of aromatic amines is 1. The number of aromatic nitrogens is 8. The number of ether oxygens (including phenoxy) is 2. The fraction of sp³-hybridized carbons (Fsp3) is 0.500. The van der Waals surface area contributed by atoms with Gasteiger partial charge in [0.2, 0.25) is 12.3 Å². The molecule has 2 aliphatic heterocycles. The highest BCUT2D eigenvalue weighted by Gasteiger charge is 2.48. The maximum absolute atomic E-state index is 15.8. The summed E-state index contributed by atoms with van der Waals surface area (Å²) >= 11 is 8.39. The van der Waals surface area contributed by atoms with E-state index in [2.05, 4.69) is 54.8 Å². The van der Waals surface area contributed by atoms with E-state index < -0.39 is 61.2 Å². The number of rotatable bonds is 3. The monoisotopic (exact) mass is 632 g/mol. The van der Waals surface area contributed by atoms with Crippen molar-refractivity contribution in [2.75, 3.05) is 24.7 Å². The van der Waals surface area contributed by atoms with Crippen molar-refractivity contribution in [3.8, 4) is 0 Å². The smallest absolute Gasteiger partial charge is 0.382 e. The van der Waals surface area contributed by atoms with Gasteiger partial charge in [-0.2, -0.15) is 17.6 Å². The van der Waals surface area contributed by atoms with Crippen molar-refractivity contribution in [3.05, 3.63) is 29.3 Å². The molecule has 2 aliphatic rings. The van der Waals surface area contributed by atoms with Crippen LogP contribution in [0.5, 0.6) is 0 Å². The number of nitrogens with zero attached hydrogens (tertiary/aromatic N) is 7. The zero-order chi connectivity index (χ0) is 29.1. The first kappa shape index (κ1) is 28.3. The second-order valence-electron chi connectivity index (χ2n) is 9.29. The van der Waals surface area contributed by atoms with Gasteiger partial charge in [0.05, 0.1) is 32.0 Å². The predicted molar refractivity (Wildman–Crippen MR) is 145 cm³/mol. The van der Waals surface area contributed by atoms with Crippen LogP contribution in [0.15, 0.2) is 23.8 Å². The van der Waals surface area contributed by atoms with E-state index in [0.717, 1.165) is 0 Å². The van der Waals surface area contributed by atoms with E-state index in [1.165, 1.54) is 28.1 Å². The van der Waals surface area contributed by atoms with E-state index in [9.17, 15) is 9.36 Å². The van der Waals surface area contributed by atoms with Crippen molar-refractivity contribution in [1.29, 1.82) is 0 Å². The number of anilines is 2. The van der Waals surface area contributed by atoms with Crippen LogP contribution in [0.4, 0.5) is 20.5 Å². The Kier molecular flexibility index (Phi) is 7.41. The summed E-state index contributed by atoms with van der Waals surface area (Å²) in [7, 11) is 0. The van der Waals surface area contributed by atoms with Gasteiger partial charge in [-0.25, -0.2) is 33.3 Å². The summed E-state index contributed by atoms with van der Waals surface area (Å²) < 4.78 is 69.3. The number of hydrogen-bond donors (Lipinski definition) is 5. The average molecular weight is 633 g/mol. The molecule has 0 spiro atoms. The number of hydrogen-bond acceptors (Lipinski definition) is 14. The zero-order valence-electron chi connectivity index (χ0n) is 20.7. The Morgan fingerprint density at radius 1 is 1.15 bits per heavy atom. The molecule has 8 atom stereocenters. The van der Waals surface area contributed by atoms with Crippen molar-refractivity contribution in [2.45, 2.75) is 42.8 Å². The van der Waals surface area contributed by atoms with Gasteiger partial charge in [-0.15, -0.1) is 0 Å². The largest absolute Gasteiger partial charge is 0.386 e. The molecule has 4 aromatic rings. The lowest BCUT2D eigenvalue weighted by Gasteiger charge is -2.29. The minimum Gasteiger partial charge on any atom is -0.382 e.